The normalized spacial score (nSPS) is 39.1. The van der Waals surface area contributed by atoms with Crippen LogP contribution in [0.15, 0.2) is 5.11 Å². The molecule has 80 valence electrons. The summed E-state index contributed by atoms with van der Waals surface area (Å²) < 4.78 is 0. The average Bonchev–Trinajstić information content (AvgIpc) is 2.42. The van der Waals surface area contributed by atoms with Gasteiger partial charge in [0.2, 0.25) is 0 Å². The van der Waals surface area contributed by atoms with Crippen molar-refractivity contribution in [1.82, 2.24) is 0 Å². The van der Waals surface area contributed by atoms with E-state index in [1.165, 1.54) is 0 Å². The number of aliphatic hydroxyl groups is 2. The molecule has 0 saturated heterocycles. The molecule has 0 aliphatic heterocycles. The fraction of sp³-hybridized carbons (Fsp3) is 1.00. The molecule has 2 N–H and O–H groups in total. The molecule has 5 unspecified atom stereocenters. The highest BCUT2D eigenvalue weighted by Crippen LogP contribution is 2.36. The molecule has 0 spiro atoms. The van der Waals surface area contributed by atoms with Crippen LogP contribution in [-0.4, -0.2) is 29.0 Å². The summed E-state index contributed by atoms with van der Waals surface area (Å²) in [5.41, 5.74) is 8.17. The van der Waals surface area contributed by atoms with Crippen molar-refractivity contribution in [2.75, 3.05) is 6.54 Å². The summed E-state index contributed by atoms with van der Waals surface area (Å²) in [7, 11) is 0. The van der Waals surface area contributed by atoms with E-state index in [4.69, 9.17) is 5.53 Å². The predicted octanol–water partition coefficient (Wildman–Crippen LogP) is 1.31. The Hall–Kier alpha value is -0.770. The minimum atomic E-state index is -0.478. The smallest absolute Gasteiger partial charge is 0.0622 e. The fourth-order valence-corrected chi connectivity index (χ4v) is 2.12. The van der Waals surface area contributed by atoms with Gasteiger partial charge < -0.3 is 10.2 Å². The monoisotopic (exact) mass is 199 g/mol. The SMILES string of the molecule is CC(CN=[N+]=[N-])C1CC(O)C(C)C1O. The molecule has 14 heavy (non-hydrogen) atoms. The van der Waals surface area contributed by atoms with Crippen molar-refractivity contribution in [1.29, 1.82) is 0 Å². The number of hydrogen-bond donors (Lipinski definition) is 2. The number of rotatable bonds is 3. The number of hydrogen-bond acceptors (Lipinski definition) is 3. The molecule has 0 aromatic heterocycles. The molecular formula is C9H17N3O2. The maximum Gasteiger partial charge on any atom is 0.0622 e. The van der Waals surface area contributed by atoms with E-state index in [0.717, 1.165) is 0 Å². The summed E-state index contributed by atoms with van der Waals surface area (Å²) in [6, 6.07) is 0. The average molecular weight is 199 g/mol. The van der Waals surface area contributed by atoms with Gasteiger partial charge in [0, 0.05) is 17.4 Å². The van der Waals surface area contributed by atoms with E-state index in [1.807, 2.05) is 13.8 Å². The third kappa shape index (κ3) is 2.18. The summed E-state index contributed by atoms with van der Waals surface area (Å²) in [4.78, 5) is 2.69. The molecule has 1 rings (SSSR count). The van der Waals surface area contributed by atoms with Crippen LogP contribution in [0, 0.1) is 17.8 Å². The summed E-state index contributed by atoms with van der Waals surface area (Å²) in [6.07, 6.45) is -0.304. The van der Waals surface area contributed by atoms with E-state index in [0.29, 0.717) is 13.0 Å². The van der Waals surface area contributed by atoms with Crippen molar-refractivity contribution in [2.24, 2.45) is 22.9 Å². The second-order valence-corrected chi connectivity index (χ2v) is 4.21. The van der Waals surface area contributed by atoms with Gasteiger partial charge in [-0.05, 0) is 23.8 Å². The van der Waals surface area contributed by atoms with Gasteiger partial charge in [0.05, 0.1) is 12.2 Å². The Kier molecular flexibility index (Phi) is 3.75. The molecule has 0 amide bonds. The number of azide groups is 1. The van der Waals surface area contributed by atoms with Gasteiger partial charge in [0.15, 0.2) is 0 Å². The lowest BCUT2D eigenvalue weighted by atomic mass is 9.89. The quantitative estimate of drug-likeness (QED) is 0.407. The van der Waals surface area contributed by atoms with Crippen molar-refractivity contribution in [2.45, 2.75) is 32.5 Å². The van der Waals surface area contributed by atoms with Gasteiger partial charge in [-0.1, -0.05) is 19.0 Å². The molecule has 1 saturated carbocycles. The van der Waals surface area contributed by atoms with E-state index < -0.39 is 12.2 Å². The molecule has 0 radical (unpaired) electrons. The first kappa shape index (κ1) is 11.3. The van der Waals surface area contributed by atoms with Gasteiger partial charge in [0.25, 0.3) is 0 Å². The van der Waals surface area contributed by atoms with Crippen LogP contribution in [0.25, 0.3) is 10.4 Å². The van der Waals surface area contributed by atoms with Gasteiger partial charge in [-0.25, -0.2) is 0 Å². The lowest BCUT2D eigenvalue weighted by Gasteiger charge is -2.21. The molecule has 0 aromatic carbocycles. The molecular weight excluding hydrogens is 182 g/mol. The Labute approximate surface area is 83.4 Å². The minimum absolute atomic E-state index is 0.0468. The molecule has 1 aliphatic rings. The van der Waals surface area contributed by atoms with Crippen molar-refractivity contribution in [3.63, 3.8) is 0 Å². The first-order valence-electron chi connectivity index (χ1n) is 4.95. The molecule has 5 heteroatoms. The molecule has 1 fully saturated rings. The van der Waals surface area contributed by atoms with Crippen LogP contribution >= 0.6 is 0 Å². The molecule has 0 aromatic rings. The van der Waals surface area contributed by atoms with Gasteiger partial charge in [0.1, 0.15) is 0 Å². The maximum atomic E-state index is 9.80. The summed E-state index contributed by atoms with van der Waals surface area (Å²) >= 11 is 0. The van der Waals surface area contributed by atoms with Crippen molar-refractivity contribution < 1.29 is 10.2 Å². The van der Waals surface area contributed by atoms with Crippen LogP contribution in [-0.2, 0) is 0 Å². The highest BCUT2D eigenvalue weighted by molar-refractivity contribution is 4.91. The van der Waals surface area contributed by atoms with E-state index in [2.05, 4.69) is 10.0 Å². The first-order chi connectivity index (χ1) is 6.57. The first-order valence-corrected chi connectivity index (χ1v) is 4.95. The Morgan fingerprint density at radius 1 is 1.57 bits per heavy atom. The van der Waals surface area contributed by atoms with Gasteiger partial charge >= 0.3 is 0 Å². The maximum absolute atomic E-state index is 9.80. The fourth-order valence-electron chi connectivity index (χ4n) is 2.12. The van der Waals surface area contributed by atoms with Crippen LogP contribution in [0.1, 0.15) is 20.3 Å². The lowest BCUT2D eigenvalue weighted by molar-refractivity contribution is 0.0540. The van der Waals surface area contributed by atoms with Crippen LogP contribution in [0.3, 0.4) is 0 Å². The van der Waals surface area contributed by atoms with Crippen LogP contribution in [0.5, 0.6) is 0 Å². The highest BCUT2D eigenvalue weighted by atomic mass is 16.3. The second-order valence-electron chi connectivity index (χ2n) is 4.21. The number of nitrogens with zero attached hydrogens (tertiary/aromatic N) is 3. The van der Waals surface area contributed by atoms with Gasteiger partial charge in [-0.2, -0.15) is 0 Å². The van der Waals surface area contributed by atoms with Crippen LogP contribution in [0.4, 0.5) is 0 Å². The largest absolute Gasteiger partial charge is 0.393 e. The topological polar surface area (TPSA) is 89.2 Å². The third-order valence-electron chi connectivity index (χ3n) is 3.26. The van der Waals surface area contributed by atoms with E-state index in [1.54, 1.807) is 0 Å². The summed E-state index contributed by atoms with van der Waals surface area (Å²) in [5, 5.41) is 22.8. The minimum Gasteiger partial charge on any atom is -0.393 e. The molecule has 1 aliphatic carbocycles. The van der Waals surface area contributed by atoms with Crippen LogP contribution in [0.2, 0.25) is 0 Å². The number of aliphatic hydroxyl groups excluding tert-OH is 2. The Bertz CT molecular complexity index is 240. The summed E-state index contributed by atoms with van der Waals surface area (Å²) in [5.74, 6) is 0.0968. The third-order valence-corrected chi connectivity index (χ3v) is 3.26. The summed E-state index contributed by atoms with van der Waals surface area (Å²) in [6.45, 7) is 4.17. The van der Waals surface area contributed by atoms with Crippen molar-refractivity contribution in [3.05, 3.63) is 10.4 Å². The lowest BCUT2D eigenvalue weighted by Crippen LogP contribution is -2.26. The molecule has 5 atom stereocenters. The van der Waals surface area contributed by atoms with Crippen molar-refractivity contribution in [3.8, 4) is 0 Å². The zero-order valence-corrected chi connectivity index (χ0v) is 8.54. The highest BCUT2D eigenvalue weighted by Gasteiger charge is 2.40. The Morgan fingerprint density at radius 3 is 2.64 bits per heavy atom. The van der Waals surface area contributed by atoms with E-state index >= 15 is 0 Å². The predicted molar refractivity (Wildman–Crippen MR) is 52.5 cm³/mol. The van der Waals surface area contributed by atoms with E-state index in [9.17, 15) is 10.2 Å². The zero-order chi connectivity index (χ0) is 10.7. The molecule has 5 nitrogen and oxygen atoms in total. The molecule has 0 bridgehead atoms. The zero-order valence-electron chi connectivity index (χ0n) is 8.54. The molecule has 0 heterocycles. The Morgan fingerprint density at radius 2 is 2.21 bits per heavy atom. The van der Waals surface area contributed by atoms with Gasteiger partial charge in [-0.3, -0.25) is 0 Å². The van der Waals surface area contributed by atoms with Gasteiger partial charge in [-0.15, -0.1) is 0 Å². The van der Waals surface area contributed by atoms with E-state index in [-0.39, 0.29) is 17.8 Å². The van der Waals surface area contributed by atoms with Crippen LogP contribution < -0.4 is 0 Å². The van der Waals surface area contributed by atoms with Crippen molar-refractivity contribution >= 4 is 0 Å². The standard InChI is InChI=1S/C9H17N3O2/c1-5(4-11-12-10)7-3-8(13)6(2)9(7)14/h5-9,13-14H,3-4H2,1-2H3. The second kappa shape index (κ2) is 4.64. The Balaban J connectivity index is 2.56.